The summed E-state index contributed by atoms with van der Waals surface area (Å²) in [5.74, 6) is 0.683. The first-order valence-corrected chi connectivity index (χ1v) is 5.60. The summed E-state index contributed by atoms with van der Waals surface area (Å²) in [4.78, 5) is 12.3. The van der Waals surface area contributed by atoms with E-state index in [4.69, 9.17) is 0 Å². The van der Waals surface area contributed by atoms with Gasteiger partial charge < -0.3 is 10.0 Å². The van der Waals surface area contributed by atoms with Crippen LogP contribution in [-0.4, -0.2) is 39.0 Å². The SMILES string of the molecule is CC1CCN(c2nn(C)cc2[N+](=O)[O-])C1CO. The molecule has 7 nitrogen and oxygen atoms in total. The molecule has 1 N–H and O–H groups in total. The number of rotatable bonds is 3. The number of hydrogen-bond acceptors (Lipinski definition) is 5. The minimum absolute atomic E-state index is 0.0000463. The van der Waals surface area contributed by atoms with Crippen molar-refractivity contribution in [1.82, 2.24) is 9.78 Å². The van der Waals surface area contributed by atoms with Gasteiger partial charge in [-0.25, -0.2) is 0 Å². The van der Waals surface area contributed by atoms with E-state index in [9.17, 15) is 15.2 Å². The Morgan fingerprint density at radius 1 is 1.71 bits per heavy atom. The van der Waals surface area contributed by atoms with Gasteiger partial charge in [0.1, 0.15) is 6.20 Å². The summed E-state index contributed by atoms with van der Waals surface area (Å²) in [7, 11) is 1.66. The summed E-state index contributed by atoms with van der Waals surface area (Å²) in [5, 5.41) is 24.4. The molecule has 2 rings (SSSR count). The van der Waals surface area contributed by atoms with Gasteiger partial charge in [-0.15, -0.1) is 5.10 Å². The van der Waals surface area contributed by atoms with Crippen LogP contribution in [0.2, 0.25) is 0 Å². The molecule has 1 aromatic rings. The quantitative estimate of drug-likeness (QED) is 0.615. The monoisotopic (exact) mass is 240 g/mol. The standard InChI is InChI=1S/C10H16N4O3/c1-7-3-4-13(9(7)6-15)10-8(14(16)17)5-12(2)11-10/h5,7,9,15H,3-4,6H2,1-2H3. The van der Waals surface area contributed by atoms with Crippen LogP contribution in [0.15, 0.2) is 6.20 Å². The van der Waals surface area contributed by atoms with Gasteiger partial charge in [-0.1, -0.05) is 6.92 Å². The lowest BCUT2D eigenvalue weighted by Gasteiger charge is -2.24. The van der Waals surface area contributed by atoms with E-state index < -0.39 is 4.92 Å². The van der Waals surface area contributed by atoms with Gasteiger partial charge in [-0.3, -0.25) is 14.8 Å². The second kappa shape index (κ2) is 4.33. The van der Waals surface area contributed by atoms with Gasteiger partial charge in [-0.05, 0) is 12.3 Å². The molecule has 2 heterocycles. The van der Waals surface area contributed by atoms with Gasteiger partial charge in [0.25, 0.3) is 0 Å². The molecule has 1 aliphatic heterocycles. The van der Waals surface area contributed by atoms with Gasteiger partial charge in [0, 0.05) is 13.6 Å². The highest BCUT2D eigenvalue weighted by Crippen LogP contribution is 2.34. The van der Waals surface area contributed by atoms with E-state index in [0.717, 1.165) is 6.42 Å². The van der Waals surface area contributed by atoms with Crippen molar-refractivity contribution >= 4 is 11.5 Å². The van der Waals surface area contributed by atoms with Crippen molar-refractivity contribution in [2.45, 2.75) is 19.4 Å². The molecule has 17 heavy (non-hydrogen) atoms. The number of aliphatic hydroxyl groups excluding tert-OH is 1. The van der Waals surface area contributed by atoms with Crippen LogP contribution in [-0.2, 0) is 7.05 Å². The lowest BCUT2D eigenvalue weighted by Crippen LogP contribution is -2.35. The molecule has 0 amide bonds. The summed E-state index contributed by atoms with van der Waals surface area (Å²) in [6.07, 6.45) is 2.31. The topological polar surface area (TPSA) is 84.4 Å². The van der Waals surface area contributed by atoms with Crippen molar-refractivity contribution in [2.24, 2.45) is 13.0 Å². The molecule has 0 bridgehead atoms. The third kappa shape index (κ3) is 1.97. The molecule has 1 aliphatic rings. The second-order valence-electron chi connectivity index (χ2n) is 4.48. The Labute approximate surface area is 98.8 Å². The summed E-state index contributed by atoms with van der Waals surface area (Å²) in [6, 6.07) is -0.0800. The maximum atomic E-state index is 10.9. The lowest BCUT2D eigenvalue weighted by molar-refractivity contribution is -0.384. The average molecular weight is 240 g/mol. The first-order valence-electron chi connectivity index (χ1n) is 5.60. The fraction of sp³-hybridized carbons (Fsp3) is 0.700. The predicted molar refractivity (Wildman–Crippen MR) is 61.9 cm³/mol. The van der Waals surface area contributed by atoms with Crippen LogP contribution in [0.1, 0.15) is 13.3 Å². The highest BCUT2D eigenvalue weighted by Gasteiger charge is 2.36. The minimum atomic E-state index is -0.431. The molecule has 0 spiro atoms. The number of aromatic nitrogens is 2. The summed E-state index contributed by atoms with van der Waals surface area (Å²) < 4.78 is 1.44. The highest BCUT2D eigenvalue weighted by atomic mass is 16.6. The van der Waals surface area contributed by atoms with Crippen molar-refractivity contribution in [3.8, 4) is 0 Å². The smallest absolute Gasteiger partial charge is 0.330 e. The number of hydrogen-bond donors (Lipinski definition) is 1. The molecular weight excluding hydrogens is 224 g/mol. The first kappa shape index (κ1) is 11.8. The molecule has 0 saturated carbocycles. The molecule has 1 aromatic heterocycles. The summed E-state index contributed by atoms with van der Waals surface area (Å²) >= 11 is 0. The Morgan fingerprint density at radius 3 is 3.00 bits per heavy atom. The Hall–Kier alpha value is -1.63. The number of aliphatic hydroxyl groups is 1. The van der Waals surface area contributed by atoms with Crippen LogP contribution in [0.3, 0.4) is 0 Å². The molecule has 7 heteroatoms. The van der Waals surface area contributed by atoms with Gasteiger partial charge in [0.05, 0.1) is 17.6 Å². The molecule has 0 aromatic carbocycles. The Bertz CT molecular complexity index is 431. The number of aryl methyl sites for hydroxylation is 1. The van der Waals surface area contributed by atoms with Crippen LogP contribution in [0, 0.1) is 16.0 Å². The zero-order valence-electron chi connectivity index (χ0n) is 9.91. The molecule has 1 fully saturated rings. The van der Waals surface area contributed by atoms with Crippen LogP contribution < -0.4 is 4.90 Å². The van der Waals surface area contributed by atoms with Crippen molar-refractivity contribution in [3.05, 3.63) is 16.3 Å². The lowest BCUT2D eigenvalue weighted by atomic mass is 10.0. The highest BCUT2D eigenvalue weighted by molar-refractivity contribution is 5.58. The van der Waals surface area contributed by atoms with Crippen molar-refractivity contribution in [3.63, 3.8) is 0 Å². The zero-order chi connectivity index (χ0) is 12.6. The largest absolute Gasteiger partial charge is 0.394 e. The van der Waals surface area contributed by atoms with E-state index in [2.05, 4.69) is 5.10 Å². The fourth-order valence-electron chi connectivity index (χ4n) is 2.35. The number of anilines is 1. The third-order valence-corrected chi connectivity index (χ3v) is 3.33. The van der Waals surface area contributed by atoms with Gasteiger partial charge in [-0.2, -0.15) is 0 Å². The fourth-order valence-corrected chi connectivity index (χ4v) is 2.35. The van der Waals surface area contributed by atoms with Crippen LogP contribution >= 0.6 is 0 Å². The van der Waals surface area contributed by atoms with Crippen LogP contribution in [0.5, 0.6) is 0 Å². The van der Waals surface area contributed by atoms with Crippen molar-refractivity contribution in [1.29, 1.82) is 0 Å². The zero-order valence-corrected chi connectivity index (χ0v) is 9.91. The van der Waals surface area contributed by atoms with E-state index in [1.807, 2.05) is 11.8 Å². The van der Waals surface area contributed by atoms with Gasteiger partial charge in [0.2, 0.25) is 5.82 Å². The molecule has 2 unspecified atom stereocenters. The summed E-state index contributed by atoms with van der Waals surface area (Å²) in [5.41, 5.74) is 0.0000463. The third-order valence-electron chi connectivity index (χ3n) is 3.33. The van der Waals surface area contributed by atoms with E-state index in [1.165, 1.54) is 10.9 Å². The Balaban J connectivity index is 2.36. The normalized spacial score (nSPS) is 24.3. The molecule has 94 valence electrons. The minimum Gasteiger partial charge on any atom is -0.394 e. The molecular formula is C10H16N4O3. The van der Waals surface area contributed by atoms with E-state index in [1.54, 1.807) is 7.05 Å². The molecule has 1 saturated heterocycles. The van der Waals surface area contributed by atoms with Crippen LogP contribution in [0.4, 0.5) is 11.5 Å². The summed E-state index contributed by atoms with van der Waals surface area (Å²) in [6.45, 7) is 2.73. The Kier molecular flexibility index (Phi) is 3.01. The van der Waals surface area contributed by atoms with E-state index in [0.29, 0.717) is 18.3 Å². The van der Waals surface area contributed by atoms with Gasteiger partial charge >= 0.3 is 5.69 Å². The first-order chi connectivity index (χ1) is 8.04. The molecule has 2 atom stereocenters. The molecule has 0 aliphatic carbocycles. The second-order valence-corrected chi connectivity index (χ2v) is 4.48. The Morgan fingerprint density at radius 2 is 2.41 bits per heavy atom. The maximum absolute atomic E-state index is 10.9. The van der Waals surface area contributed by atoms with E-state index >= 15 is 0 Å². The van der Waals surface area contributed by atoms with Crippen molar-refractivity contribution in [2.75, 3.05) is 18.1 Å². The van der Waals surface area contributed by atoms with Crippen molar-refractivity contribution < 1.29 is 10.0 Å². The maximum Gasteiger partial charge on any atom is 0.330 e. The van der Waals surface area contributed by atoms with E-state index in [-0.39, 0.29) is 18.3 Å². The van der Waals surface area contributed by atoms with Crippen LogP contribution in [0.25, 0.3) is 0 Å². The van der Waals surface area contributed by atoms with Gasteiger partial charge in [0.15, 0.2) is 0 Å². The number of nitro groups is 1. The number of nitrogens with zero attached hydrogens (tertiary/aromatic N) is 4. The average Bonchev–Trinajstić information content (AvgIpc) is 2.81. The molecule has 0 radical (unpaired) electrons. The predicted octanol–water partition coefficient (Wildman–Crippen LogP) is 0.535.